The maximum Gasteiger partial charge on any atom is 0.0731 e. The Morgan fingerprint density at radius 3 is 2.76 bits per heavy atom. The molecule has 2 nitrogen and oxygen atoms in total. The van der Waals surface area contributed by atoms with Crippen molar-refractivity contribution in [1.29, 1.82) is 0 Å². The normalized spacial score (nSPS) is 12.7. The SMILES string of the molecule is CCCC(C)OCc1ccc(CNC)cc1Br. The van der Waals surface area contributed by atoms with Gasteiger partial charge in [0.2, 0.25) is 0 Å². The molecule has 1 unspecified atom stereocenters. The van der Waals surface area contributed by atoms with Crippen LogP contribution in [0.15, 0.2) is 22.7 Å². The van der Waals surface area contributed by atoms with E-state index in [1.165, 1.54) is 17.5 Å². The van der Waals surface area contributed by atoms with Gasteiger partial charge in [0.25, 0.3) is 0 Å². The van der Waals surface area contributed by atoms with Gasteiger partial charge in [-0.05, 0) is 37.6 Å². The highest BCUT2D eigenvalue weighted by atomic mass is 79.9. The Labute approximate surface area is 113 Å². The zero-order chi connectivity index (χ0) is 12.7. The summed E-state index contributed by atoms with van der Waals surface area (Å²) >= 11 is 3.60. The van der Waals surface area contributed by atoms with E-state index in [9.17, 15) is 0 Å². The van der Waals surface area contributed by atoms with Crippen molar-refractivity contribution in [3.8, 4) is 0 Å². The third kappa shape index (κ3) is 5.19. The van der Waals surface area contributed by atoms with E-state index in [-0.39, 0.29) is 0 Å². The molecule has 0 radical (unpaired) electrons. The largest absolute Gasteiger partial charge is 0.374 e. The number of hydrogen-bond donors (Lipinski definition) is 1. The molecule has 0 aliphatic rings. The third-order valence-electron chi connectivity index (χ3n) is 2.72. The lowest BCUT2D eigenvalue weighted by Gasteiger charge is -2.13. The van der Waals surface area contributed by atoms with E-state index in [1.54, 1.807) is 0 Å². The molecular formula is C14H22BrNO. The molecule has 0 aliphatic carbocycles. The molecule has 1 aromatic rings. The fourth-order valence-electron chi connectivity index (χ4n) is 1.74. The second-order valence-electron chi connectivity index (χ2n) is 4.37. The molecule has 0 amide bonds. The van der Waals surface area contributed by atoms with Crippen LogP contribution in [0.1, 0.15) is 37.8 Å². The summed E-state index contributed by atoms with van der Waals surface area (Å²) in [7, 11) is 1.96. The van der Waals surface area contributed by atoms with Crippen molar-refractivity contribution in [3.05, 3.63) is 33.8 Å². The van der Waals surface area contributed by atoms with Crippen molar-refractivity contribution in [1.82, 2.24) is 5.32 Å². The molecule has 0 aromatic heterocycles. The second kappa shape index (κ2) is 7.85. The van der Waals surface area contributed by atoms with E-state index in [4.69, 9.17) is 4.74 Å². The molecule has 0 heterocycles. The van der Waals surface area contributed by atoms with Crippen LogP contribution in [-0.2, 0) is 17.9 Å². The number of hydrogen-bond acceptors (Lipinski definition) is 2. The molecule has 96 valence electrons. The zero-order valence-corrected chi connectivity index (χ0v) is 12.5. The topological polar surface area (TPSA) is 21.3 Å². The van der Waals surface area contributed by atoms with Gasteiger partial charge in [0.05, 0.1) is 12.7 Å². The van der Waals surface area contributed by atoms with Gasteiger partial charge in [-0.15, -0.1) is 0 Å². The van der Waals surface area contributed by atoms with E-state index in [1.807, 2.05) is 7.05 Å². The monoisotopic (exact) mass is 299 g/mol. The maximum atomic E-state index is 5.80. The summed E-state index contributed by atoms with van der Waals surface area (Å²) in [6.07, 6.45) is 2.63. The Hall–Kier alpha value is -0.380. The van der Waals surface area contributed by atoms with Gasteiger partial charge in [-0.3, -0.25) is 0 Å². The molecule has 1 rings (SSSR count). The highest BCUT2D eigenvalue weighted by Crippen LogP contribution is 2.20. The van der Waals surface area contributed by atoms with Crippen LogP contribution in [0, 0.1) is 0 Å². The molecular weight excluding hydrogens is 278 g/mol. The average molecular weight is 300 g/mol. The lowest BCUT2D eigenvalue weighted by molar-refractivity contribution is 0.0468. The minimum absolute atomic E-state index is 0.337. The summed E-state index contributed by atoms with van der Waals surface area (Å²) in [6, 6.07) is 6.43. The van der Waals surface area contributed by atoms with Crippen molar-refractivity contribution in [2.75, 3.05) is 7.05 Å². The summed E-state index contributed by atoms with van der Waals surface area (Å²) in [5, 5.41) is 3.15. The van der Waals surface area contributed by atoms with Crippen LogP contribution in [0.3, 0.4) is 0 Å². The first-order chi connectivity index (χ1) is 8.17. The quantitative estimate of drug-likeness (QED) is 0.825. The molecule has 0 saturated carbocycles. The smallest absolute Gasteiger partial charge is 0.0731 e. The summed E-state index contributed by atoms with van der Waals surface area (Å²) in [4.78, 5) is 0. The summed E-state index contributed by atoms with van der Waals surface area (Å²) in [6.45, 7) is 5.89. The molecule has 0 aliphatic heterocycles. The second-order valence-corrected chi connectivity index (χ2v) is 5.22. The van der Waals surface area contributed by atoms with Gasteiger partial charge in [0.15, 0.2) is 0 Å². The predicted octanol–water partition coefficient (Wildman–Crippen LogP) is 3.87. The van der Waals surface area contributed by atoms with Crippen LogP contribution in [0.5, 0.6) is 0 Å². The first kappa shape index (κ1) is 14.7. The highest BCUT2D eigenvalue weighted by Gasteiger charge is 2.05. The van der Waals surface area contributed by atoms with Crippen LogP contribution in [0.4, 0.5) is 0 Å². The third-order valence-corrected chi connectivity index (χ3v) is 3.46. The molecule has 1 atom stereocenters. The summed E-state index contributed by atoms with van der Waals surface area (Å²) < 4.78 is 6.94. The van der Waals surface area contributed by atoms with E-state index in [0.29, 0.717) is 12.7 Å². The molecule has 1 N–H and O–H groups in total. The Bertz CT molecular complexity index is 341. The van der Waals surface area contributed by atoms with Gasteiger partial charge in [0.1, 0.15) is 0 Å². The number of benzene rings is 1. The molecule has 0 spiro atoms. The van der Waals surface area contributed by atoms with Crippen LogP contribution < -0.4 is 5.32 Å². The number of ether oxygens (including phenoxy) is 1. The lowest BCUT2D eigenvalue weighted by atomic mass is 10.1. The van der Waals surface area contributed by atoms with E-state index in [0.717, 1.165) is 17.4 Å². The zero-order valence-electron chi connectivity index (χ0n) is 10.9. The molecule has 3 heteroatoms. The molecule has 0 saturated heterocycles. The summed E-state index contributed by atoms with van der Waals surface area (Å²) in [5.74, 6) is 0. The van der Waals surface area contributed by atoms with Crippen LogP contribution in [0.2, 0.25) is 0 Å². The van der Waals surface area contributed by atoms with E-state index >= 15 is 0 Å². The van der Waals surface area contributed by atoms with Crippen molar-refractivity contribution >= 4 is 15.9 Å². The van der Waals surface area contributed by atoms with E-state index < -0.39 is 0 Å². The Balaban J connectivity index is 2.54. The minimum atomic E-state index is 0.337. The Morgan fingerprint density at radius 2 is 2.18 bits per heavy atom. The maximum absolute atomic E-state index is 5.80. The van der Waals surface area contributed by atoms with Gasteiger partial charge in [-0.1, -0.05) is 41.4 Å². The van der Waals surface area contributed by atoms with E-state index in [2.05, 4.69) is 53.3 Å². The molecule has 17 heavy (non-hydrogen) atoms. The van der Waals surface area contributed by atoms with Crippen molar-refractivity contribution in [2.45, 2.75) is 45.9 Å². The standard InChI is InChI=1S/C14H22BrNO/c1-4-5-11(2)17-10-13-7-6-12(9-16-3)8-14(13)15/h6-8,11,16H,4-5,9-10H2,1-3H3. The first-order valence-corrected chi connectivity index (χ1v) is 7.00. The average Bonchev–Trinajstić information content (AvgIpc) is 2.29. The van der Waals surface area contributed by atoms with Crippen LogP contribution in [-0.4, -0.2) is 13.2 Å². The lowest BCUT2D eigenvalue weighted by Crippen LogP contribution is -2.08. The van der Waals surface area contributed by atoms with Crippen LogP contribution in [0.25, 0.3) is 0 Å². The van der Waals surface area contributed by atoms with Crippen molar-refractivity contribution < 1.29 is 4.74 Å². The van der Waals surface area contributed by atoms with Gasteiger partial charge in [-0.25, -0.2) is 0 Å². The number of halogens is 1. The van der Waals surface area contributed by atoms with Gasteiger partial charge >= 0.3 is 0 Å². The Kier molecular flexibility index (Phi) is 6.78. The minimum Gasteiger partial charge on any atom is -0.374 e. The van der Waals surface area contributed by atoms with Gasteiger partial charge < -0.3 is 10.1 Å². The van der Waals surface area contributed by atoms with Gasteiger partial charge in [0, 0.05) is 11.0 Å². The van der Waals surface area contributed by atoms with Crippen molar-refractivity contribution in [3.63, 3.8) is 0 Å². The predicted molar refractivity (Wildman–Crippen MR) is 76.1 cm³/mol. The Morgan fingerprint density at radius 1 is 1.41 bits per heavy atom. The number of rotatable bonds is 7. The van der Waals surface area contributed by atoms with Crippen molar-refractivity contribution in [2.24, 2.45) is 0 Å². The van der Waals surface area contributed by atoms with Gasteiger partial charge in [-0.2, -0.15) is 0 Å². The fraction of sp³-hybridized carbons (Fsp3) is 0.571. The first-order valence-electron chi connectivity index (χ1n) is 6.20. The molecule has 0 bridgehead atoms. The molecule has 0 fully saturated rings. The fourth-order valence-corrected chi connectivity index (χ4v) is 2.28. The highest BCUT2D eigenvalue weighted by molar-refractivity contribution is 9.10. The molecule has 1 aromatic carbocycles. The number of nitrogens with one attached hydrogen (secondary N) is 1. The summed E-state index contributed by atoms with van der Waals surface area (Å²) in [5.41, 5.74) is 2.50. The van der Waals surface area contributed by atoms with Crippen LogP contribution >= 0.6 is 15.9 Å².